The van der Waals surface area contributed by atoms with Gasteiger partial charge in [0.05, 0.1) is 30.2 Å². The first kappa shape index (κ1) is 14.4. The quantitative estimate of drug-likeness (QED) is 0.756. The number of nitrogens with one attached hydrogen (secondary N) is 1. The highest BCUT2D eigenvalue weighted by molar-refractivity contribution is 5.97. The van der Waals surface area contributed by atoms with Crippen molar-refractivity contribution in [2.45, 2.75) is 26.3 Å². The molecule has 0 bridgehead atoms. The predicted octanol–water partition coefficient (Wildman–Crippen LogP) is 3.60. The maximum absolute atomic E-state index is 12.8. The number of amides is 1. The van der Waals surface area contributed by atoms with E-state index in [1.807, 2.05) is 35.2 Å². The number of fused-ring (bicyclic) bond motifs is 1. The Labute approximate surface area is 129 Å². The number of benzene rings is 1. The third kappa shape index (κ3) is 3.03. The molecule has 0 fully saturated rings. The molecule has 22 heavy (non-hydrogen) atoms. The maximum Gasteiger partial charge on any atom is 0.254 e. The van der Waals surface area contributed by atoms with Crippen molar-refractivity contribution in [3.05, 3.63) is 54.2 Å². The number of aromatic nitrogens is 2. The van der Waals surface area contributed by atoms with E-state index in [2.05, 4.69) is 16.9 Å². The van der Waals surface area contributed by atoms with E-state index in [4.69, 9.17) is 4.42 Å². The third-order valence-electron chi connectivity index (χ3n) is 3.66. The lowest BCUT2D eigenvalue weighted by molar-refractivity contribution is 0.0729. The summed E-state index contributed by atoms with van der Waals surface area (Å²) in [5.74, 6) is 0.813. The third-order valence-corrected chi connectivity index (χ3v) is 3.66. The molecule has 0 aliphatic rings. The van der Waals surface area contributed by atoms with Gasteiger partial charge in [0, 0.05) is 12.1 Å². The molecule has 1 amide bonds. The molecule has 2 aromatic heterocycles. The summed E-state index contributed by atoms with van der Waals surface area (Å²) in [7, 11) is 0. The van der Waals surface area contributed by atoms with Crippen molar-refractivity contribution in [3.8, 4) is 0 Å². The van der Waals surface area contributed by atoms with Gasteiger partial charge in [-0.25, -0.2) is 4.98 Å². The number of furan rings is 1. The van der Waals surface area contributed by atoms with E-state index in [1.165, 1.54) is 0 Å². The van der Waals surface area contributed by atoms with Crippen LogP contribution in [-0.2, 0) is 6.54 Å². The number of H-pyrrole nitrogens is 1. The average Bonchev–Trinajstić information content (AvgIpc) is 3.21. The Balaban J connectivity index is 1.83. The van der Waals surface area contributed by atoms with Crippen LogP contribution >= 0.6 is 0 Å². The van der Waals surface area contributed by atoms with Crippen molar-refractivity contribution < 1.29 is 9.21 Å². The fraction of sp³-hybridized carbons (Fsp3) is 0.294. The Morgan fingerprint density at radius 3 is 3.05 bits per heavy atom. The zero-order chi connectivity index (χ0) is 15.4. The fourth-order valence-electron chi connectivity index (χ4n) is 2.44. The lowest BCUT2D eigenvalue weighted by atomic mass is 10.1. The van der Waals surface area contributed by atoms with E-state index >= 15 is 0 Å². The summed E-state index contributed by atoms with van der Waals surface area (Å²) in [5, 5.41) is 0. The first-order valence-electron chi connectivity index (χ1n) is 7.52. The summed E-state index contributed by atoms with van der Waals surface area (Å²) in [4.78, 5) is 21.8. The number of carbonyl (C=O) groups is 1. The monoisotopic (exact) mass is 297 g/mol. The molecule has 0 spiro atoms. The molecule has 0 saturated carbocycles. The van der Waals surface area contributed by atoms with Gasteiger partial charge in [0.25, 0.3) is 5.91 Å². The van der Waals surface area contributed by atoms with Crippen molar-refractivity contribution in [2.24, 2.45) is 0 Å². The van der Waals surface area contributed by atoms with Gasteiger partial charge < -0.3 is 14.3 Å². The Morgan fingerprint density at radius 2 is 2.27 bits per heavy atom. The molecular formula is C17H19N3O2. The molecule has 3 aromatic rings. The minimum absolute atomic E-state index is 0.0151. The lowest BCUT2D eigenvalue weighted by Gasteiger charge is -2.21. The first-order chi connectivity index (χ1) is 10.8. The van der Waals surface area contributed by atoms with E-state index in [0.29, 0.717) is 12.1 Å². The Hall–Kier alpha value is -2.56. The Bertz CT molecular complexity index is 746. The molecule has 0 unspecified atom stereocenters. The summed E-state index contributed by atoms with van der Waals surface area (Å²) < 4.78 is 5.38. The van der Waals surface area contributed by atoms with E-state index in [-0.39, 0.29) is 5.91 Å². The van der Waals surface area contributed by atoms with Gasteiger partial charge in [-0.2, -0.15) is 0 Å². The number of rotatable bonds is 6. The van der Waals surface area contributed by atoms with E-state index in [9.17, 15) is 4.79 Å². The van der Waals surface area contributed by atoms with Gasteiger partial charge in [-0.15, -0.1) is 0 Å². The average molecular weight is 297 g/mol. The first-order valence-corrected chi connectivity index (χ1v) is 7.52. The molecule has 0 saturated heterocycles. The lowest BCUT2D eigenvalue weighted by Crippen LogP contribution is -2.31. The van der Waals surface area contributed by atoms with Gasteiger partial charge in [0.15, 0.2) is 0 Å². The number of hydrogen-bond donors (Lipinski definition) is 1. The second-order valence-electron chi connectivity index (χ2n) is 5.29. The molecule has 0 atom stereocenters. The van der Waals surface area contributed by atoms with Crippen LogP contribution in [0.3, 0.4) is 0 Å². The summed E-state index contributed by atoms with van der Waals surface area (Å²) in [6, 6.07) is 9.28. The fourth-order valence-corrected chi connectivity index (χ4v) is 2.44. The molecule has 3 rings (SSSR count). The summed E-state index contributed by atoms with van der Waals surface area (Å²) in [5.41, 5.74) is 2.40. The van der Waals surface area contributed by atoms with Crippen LogP contribution in [0.5, 0.6) is 0 Å². The van der Waals surface area contributed by atoms with E-state index in [0.717, 1.165) is 36.2 Å². The van der Waals surface area contributed by atoms with Gasteiger partial charge in [-0.05, 0) is 36.8 Å². The van der Waals surface area contributed by atoms with Crippen LogP contribution in [0.2, 0.25) is 0 Å². The van der Waals surface area contributed by atoms with Crippen molar-refractivity contribution in [1.29, 1.82) is 0 Å². The highest BCUT2D eigenvalue weighted by Crippen LogP contribution is 2.16. The number of carbonyl (C=O) groups excluding carboxylic acids is 1. The Kier molecular flexibility index (Phi) is 4.23. The minimum Gasteiger partial charge on any atom is -0.467 e. The van der Waals surface area contributed by atoms with Crippen LogP contribution in [0.25, 0.3) is 11.0 Å². The number of hydrogen-bond acceptors (Lipinski definition) is 3. The van der Waals surface area contributed by atoms with Gasteiger partial charge in [0.2, 0.25) is 0 Å². The van der Waals surface area contributed by atoms with Crippen LogP contribution in [0.4, 0.5) is 0 Å². The van der Waals surface area contributed by atoms with Crippen molar-refractivity contribution in [2.75, 3.05) is 6.54 Å². The van der Waals surface area contributed by atoms with Crippen molar-refractivity contribution >= 4 is 16.9 Å². The molecule has 0 radical (unpaired) electrons. The van der Waals surface area contributed by atoms with Crippen LogP contribution < -0.4 is 0 Å². The number of imidazole rings is 1. The zero-order valence-electron chi connectivity index (χ0n) is 12.6. The largest absolute Gasteiger partial charge is 0.467 e. The van der Waals surface area contributed by atoms with Crippen molar-refractivity contribution in [3.63, 3.8) is 0 Å². The molecular weight excluding hydrogens is 278 g/mol. The molecule has 1 N–H and O–H groups in total. The molecule has 114 valence electrons. The minimum atomic E-state index is 0.0151. The highest BCUT2D eigenvalue weighted by Gasteiger charge is 2.17. The molecule has 5 heteroatoms. The number of aromatic amines is 1. The Morgan fingerprint density at radius 1 is 1.36 bits per heavy atom. The predicted molar refractivity (Wildman–Crippen MR) is 84.5 cm³/mol. The normalized spacial score (nSPS) is 11.0. The SMILES string of the molecule is CCCCN(Cc1ccco1)C(=O)c1ccc2nc[nH]c2c1. The second kappa shape index (κ2) is 6.47. The molecule has 2 heterocycles. The molecule has 1 aromatic carbocycles. The van der Waals surface area contributed by atoms with Gasteiger partial charge in [-0.3, -0.25) is 4.79 Å². The van der Waals surface area contributed by atoms with Crippen LogP contribution in [0, 0.1) is 0 Å². The topological polar surface area (TPSA) is 62.1 Å². The van der Waals surface area contributed by atoms with Crippen molar-refractivity contribution in [1.82, 2.24) is 14.9 Å². The molecule has 0 aliphatic carbocycles. The molecule has 5 nitrogen and oxygen atoms in total. The van der Waals surface area contributed by atoms with Gasteiger partial charge in [0.1, 0.15) is 5.76 Å². The maximum atomic E-state index is 12.8. The van der Waals surface area contributed by atoms with Crippen LogP contribution in [0.15, 0.2) is 47.3 Å². The summed E-state index contributed by atoms with van der Waals surface area (Å²) >= 11 is 0. The summed E-state index contributed by atoms with van der Waals surface area (Å²) in [6.07, 6.45) is 5.28. The second-order valence-corrected chi connectivity index (χ2v) is 5.29. The summed E-state index contributed by atoms with van der Waals surface area (Å²) in [6.45, 7) is 3.33. The zero-order valence-corrected chi connectivity index (χ0v) is 12.6. The van der Waals surface area contributed by atoms with E-state index < -0.39 is 0 Å². The van der Waals surface area contributed by atoms with Crippen LogP contribution in [-0.4, -0.2) is 27.3 Å². The standard InChI is InChI=1S/C17H19N3O2/c1-2-3-8-20(11-14-5-4-9-22-14)17(21)13-6-7-15-16(10-13)19-12-18-15/h4-7,9-10,12H,2-3,8,11H2,1H3,(H,18,19). The number of unbranched alkanes of at least 4 members (excludes halogenated alkanes) is 1. The van der Waals surface area contributed by atoms with Gasteiger partial charge >= 0.3 is 0 Å². The smallest absolute Gasteiger partial charge is 0.254 e. The highest BCUT2D eigenvalue weighted by atomic mass is 16.3. The number of nitrogens with zero attached hydrogens (tertiary/aromatic N) is 2. The van der Waals surface area contributed by atoms with Crippen LogP contribution in [0.1, 0.15) is 35.9 Å². The molecule has 0 aliphatic heterocycles. The van der Waals surface area contributed by atoms with E-state index in [1.54, 1.807) is 12.6 Å². The van der Waals surface area contributed by atoms with Gasteiger partial charge in [-0.1, -0.05) is 13.3 Å².